The van der Waals surface area contributed by atoms with E-state index in [1.54, 1.807) is 11.3 Å². The van der Waals surface area contributed by atoms with E-state index in [4.69, 9.17) is 5.26 Å². The molecule has 29 heavy (non-hydrogen) atoms. The van der Waals surface area contributed by atoms with Gasteiger partial charge in [0.2, 0.25) is 0 Å². The zero-order chi connectivity index (χ0) is 19.8. The van der Waals surface area contributed by atoms with Crippen LogP contribution in [0.2, 0.25) is 0 Å². The van der Waals surface area contributed by atoms with Crippen molar-refractivity contribution in [2.45, 2.75) is 31.3 Å². The van der Waals surface area contributed by atoms with Crippen LogP contribution in [0.4, 0.5) is 5.69 Å². The topological polar surface area (TPSA) is 55.2 Å². The molecule has 0 saturated carbocycles. The predicted molar refractivity (Wildman–Crippen MR) is 118 cm³/mol. The molecule has 3 heterocycles. The fourth-order valence-electron chi connectivity index (χ4n) is 4.69. The molecule has 0 unspecified atom stereocenters. The maximum absolute atomic E-state index is 9.00. The highest BCUT2D eigenvalue weighted by Crippen LogP contribution is 2.34. The maximum Gasteiger partial charge on any atom is 0.0991 e. The minimum absolute atomic E-state index is 0.197. The molecule has 1 aromatic heterocycles. The summed E-state index contributed by atoms with van der Waals surface area (Å²) >= 11 is 1.70. The highest BCUT2D eigenvalue weighted by molar-refractivity contribution is 7.16. The quantitative estimate of drug-likeness (QED) is 0.713. The second kappa shape index (κ2) is 7.42. The van der Waals surface area contributed by atoms with Crippen LogP contribution < -0.4 is 10.2 Å². The van der Waals surface area contributed by atoms with Crippen molar-refractivity contribution in [3.8, 4) is 6.07 Å². The number of fused-ring (bicyclic) bond motifs is 1. The van der Waals surface area contributed by atoms with Crippen molar-refractivity contribution in [2.75, 3.05) is 31.2 Å². The summed E-state index contributed by atoms with van der Waals surface area (Å²) in [7, 11) is 0. The molecule has 3 aromatic rings. The van der Waals surface area contributed by atoms with E-state index in [1.165, 1.54) is 16.0 Å². The van der Waals surface area contributed by atoms with Gasteiger partial charge in [0, 0.05) is 36.9 Å². The van der Waals surface area contributed by atoms with Crippen LogP contribution in [0.1, 0.15) is 36.9 Å². The summed E-state index contributed by atoms with van der Waals surface area (Å²) in [5.74, 6) is 0. The van der Waals surface area contributed by atoms with Crippen molar-refractivity contribution in [3.63, 3.8) is 0 Å². The number of hydrogen-bond donors (Lipinski definition) is 1. The van der Waals surface area contributed by atoms with E-state index in [9.17, 15) is 0 Å². The van der Waals surface area contributed by atoms with Gasteiger partial charge in [0.1, 0.15) is 0 Å². The molecule has 2 aliphatic rings. The van der Waals surface area contributed by atoms with Crippen molar-refractivity contribution >= 4 is 27.2 Å². The fourth-order valence-corrected chi connectivity index (χ4v) is 5.35. The van der Waals surface area contributed by atoms with Gasteiger partial charge in [-0.25, -0.2) is 4.98 Å². The number of rotatable bonds is 3. The first kappa shape index (κ1) is 18.6. The van der Waals surface area contributed by atoms with Gasteiger partial charge in [-0.1, -0.05) is 6.07 Å². The van der Waals surface area contributed by atoms with Gasteiger partial charge in [-0.15, -0.1) is 11.3 Å². The smallest absolute Gasteiger partial charge is 0.0991 e. The van der Waals surface area contributed by atoms with Gasteiger partial charge in [-0.3, -0.25) is 10.2 Å². The van der Waals surface area contributed by atoms with Gasteiger partial charge >= 0.3 is 0 Å². The summed E-state index contributed by atoms with van der Waals surface area (Å²) < 4.78 is 1.26. The van der Waals surface area contributed by atoms with E-state index in [0.29, 0.717) is 11.6 Å². The maximum atomic E-state index is 9.00. The Morgan fingerprint density at radius 1 is 1.17 bits per heavy atom. The minimum Gasteiger partial charge on any atom is -0.357 e. The van der Waals surface area contributed by atoms with Crippen molar-refractivity contribution in [3.05, 3.63) is 59.1 Å². The van der Waals surface area contributed by atoms with E-state index < -0.39 is 0 Å². The normalized spacial score (nSPS) is 20.2. The van der Waals surface area contributed by atoms with Gasteiger partial charge < -0.3 is 4.90 Å². The Hall–Kier alpha value is -2.46. The van der Waals surface area contributed by atoms with E-state index in [1.807, 2.05) is 17.6 Å². The molecule has 0 bridgehead atoms. The van der Waals surface area contributed by atoms with Crippen LogP contribution in [0, 0.1) is 11.3 Å². The van der Waals surface area contributed by atoms with Gasteiger partial charge in [0.15, 0.2) is 0 Å². The number of likely N-dealkylation sites (tertiary alicyclic amines) is 1. The lowest BCUT2D eigenvalue weighted by Gasteiger charge is -2.42. The third-order valence-corrected chi connectivity index (χ3v) is 7.45. The first-order valence-corrected chi connectivity index (χ1v) is 11.1. The zero-order valence-corrected chi connectivity index (χ0v) is 17.5. The summed E-state index contributed by atoms with van der Waals surface area (Å²) in [5, 5.41) is 12.8. The van der Waals surface area contributed by atoms with Crippen LogP contribution in [0.3, 0.4) is 0 Å². The van der Waals surface area contributed by atoms with Crippen LogP contribution in [0.15, 0.2) is 48.0 Å². The Balaban J connectivity index is 1.23. The number of aromatic nitrogens is 1. The van der Waals surface area contributed by atoms with Gasteiger partial charge in [-0.05, 0) is 61.7 Å². The summed E-state index contributed by atoms with van der Waals surface area (Å²) in [5.41, 5.74) is 6.51. The number of thiazole rings is 1. The monoisotopic (exact) mass is 403 g/mol. The summed E-state index contributed by atoms with van der Waals surface area (Å²) in [6.07, 6.45) is 2.31. The first-order valence-electron chi connectivity index (χ1n) is 10.2. The Morgan fingerprint density at radius 3 is 2.72 bits per heavy atom. The molecular formula is C23H25N5S. The summed E-state index contributed by atoms with van der Waals surface area (Å²) in [6.45, 7) is 6.43. The summed E-state index contributed by atoms with van der Waals surface area (Å²) in [4.78, 5) is 9.48. The molecule has 0 aliphatic carbocycles. The highest BCUT2D eigenvalue weighted by Gasteiger charge is 2.41. The largest absolute Gasteiger partial charge is 0.357 e. The van der Waals surface area contributed by atoms with Crippen LogP contribution in [0.25, 0.3) is 10.2 Å². The predicted octanol–water partition coefficient (Wildman–Crippen LogP) is 4.13. The first-order chi connectivity index (χ1) is 14.2. The standard InChI is InChI=1S/C23H25N5S/c1-17(19-4-7-22-21(12-19)25-16-29-22)27-10-8-23(9-11-27)14-28(15-26-23)20-5-2-18(13-24)3-6-20/h2-7,12,16-17,26H,8-11,14-15H2,1H3/t17-/m1/s1. The Bertz CT molecular complexity index is 1040. The number of nitrogens with zero attached hydrogens (tertiary/aromatic N) is 4. The van der Waals surface area contributed by atoms with E-state index in [2.05, 4.69) is 63.4 Å². The zero-order valence-electron chi connectivity index (χ0n) is 16.6. The van der Waals surface area contributed by atoms with Crippen LogP contribution in [0.5, 0.6) is 0 Å². The van der Waals surface area contributed by atoms with Crippen LogP contribution >= 0.6 is 11.3 Å². The molecule has 2 aromatic carbocycles. The average Bonchev–Trinajstić information content (AvgIpc) is 3.41. The Morgan fingerprint density at radius 2 is 1.97 bits per heavy atom. The number of hydrogen-bond acceptors (Lipinski definition) is 6. The third kappa shape index (κ3) is 3.51. The molecule has 1 N–H and O–H groups in total. The lowest BCUT2D eigenvalue weighted by molar-refractivity contribution is 0.120. The van der Waals surface area contributed by atoms with Gasteiger partial charge in [0.25, 0.3) is 0 Å². The molecule has 0 amide bonds. The number of benzene rings is 2. The van der Waals surface area contributed by atoms with Crippen molar-refractivity contribution in [1.29, 1.82) is 5.26 Å². The molecule has 1 atom stereocenters. The molecule has 2 saturated heterocycles. The number of nitrogens with one attached hydrogen (secondary N) is 1. The lowest BCUT2D eigenvalue weighted by atomic mass is 9.87. The lowest BCUT2D eigenvalue weighted by Crippen LogP contribution is -2.52. The van der Waals surface area contributed by atoms with Crippen molar-refractivity contribution < 1.29 is 0 Å². The molecule has 0 radical (unpaired) electrons. The number of piperidine rings is 1. The highest BCUT2D eigenvalue weighted by atomic mass is 32.1. The van der Waals surface area contributed by atoms with Gasteiger partial charge in [0.05, 0.1) is 34.0 Å². The molecule has 2 fully saturated rings. The van der Waals surface area contributed by atoms with Crippen LogP contribution in [-0.2, 0) is 0 Å². The molecule has 5 nitrogen and oxygen atoms in total. The molecular weight excluding hydrogens is 378 g/mol. The van der Waals surface area contributed by atoms with Gasteiger partial charge in [-0.2, -0.15) is 5.26 Å². The van der Waals surface area contributed by atoms with Crippen molar-refractivity contribution in [2.24, 2.45) is 0 Å². The fraction of sp³-hybridized carbons (Fsp3) is 0.391. The second-order valence-corrected chi connectivity index (χ2v) is 9.15. The average molecular weight is 404 g/mol. The third-order valence-electron chi connectivity index (χ3n) is 6.64. The molecule has 148 valence electrons. The molecule has 5 rings (SSSR count). The summed E-state index contributed by atoms with van der Waals surface area (Å²) in [6, 6.07) is 17.3. The minimum atomic E-state index is 0.197. The molecule has 1 spiro atoms. The van der Waals surface area contributed by atoms with E-state index >= 15 is 0 Å². The number of nitriles is 1. The number of anilines is 1. The Kier molecular flexibility index (Phi) is 4.75. The molecule has 2 aliphatic heterocycles. The van der Waals surface area contributed by atoms with E-state index in [0.717, 1.165) is 44.7 Å². The van der Waals surface area contributed by atoms with E-state index in [-0.39, 0.29) is 5.54 Å². The second-order valence-electron chi connectivity index (χ2n) is 8.26. The Labute approximate surface area is 175 Å². The molecule has 6 heteroatoms. The van der Waals surface area contributed by atoms with Crippen LogP contribution in [-0.4, -0.2) is 41.7 Å². The van der Waals surface area contributed by atoms with Crippen molar-refractivity contribution in [1.82, 2.24) is 15.2 Å². The SMILES string of the molecule is C[C@H](c1ccc2scnc2c1)N1CCC2(CC1)CN(c1ccc(C#N)cc1)CN2.